The highest BCUT2D eigenvalue weighted by Crippen LogP contribution is 2.29. The van der Waals surface area contributed by atoms with E-state index in [1.165, 1.54) is 24.3 Å². The maximum absolute atomic E-state index is 10.9. The molecule has 0 radical (unpaired) electrons. The normalized spacial score (nSPS) is 9.95. The number of benzene rings is 2. The number of halogens is 1. The molecule has 0 bridgehead atoms. The van der Waals surface area contributed by atoms with Gasteiger partial charge in [0.2, 0.25) is 0 Å². The number of non-ortho nitro benzene ring substituents is 1. The molecule has 96 valence electrons. The van der Waals surface area contributed by atoms with Crippen molar-refractivity contribution in [3.8, 4) is 11.5 Å². The van der Waals surface area contributed by atoms with Gasteiger partial charge in [-0.2, -0.15) is 0 Å². The SMILES string of the molecule is O=Cc1c(Cl)cccc1Oc1ccc([N+](=O)[O-])cc1. The van der Waals surface area contributed by atoms with E-state index in [0.717, 1.165) is 0 Å². The number of rotatable bonds is 4. The van der Waals surface area contributed by atoms with Crippen molar-refractivity contribution in [3.05, 3.63) is 63.2 Å². The molecule has 2 aromatic carbocycles. The Morgan fingerprint density at radius 2 is 1.84 bits per heavy atom. The first kappa shape index (κ1) is 13.0. The molecule has 2 rings (SSSR count). The molecule has 6 heteroatoms. The van der Waals surface area contributed by atoms with Gasteiger partial charge in [0.1, 0.15) is 11.5 Å². The third kappa shape index (κ3) is 2.89. The summed E-state index contributed by atoms with van der Waals surface area (Å²) in [6.07, 6.45) is 0.600. The monoisotopic (exact) mass is 277 g/mol. The lowest BCUT2D eigenvalue weighted by Gasteiger charge is -2.08. The van der Waals surface area contributed by atoms with Crippen LogP contribution in [-0.2, 0) is 0 Å². The van der Waals surface area contributed by atoms with Crippen LogP contribution in [0.25, 0.3) is 0 Å². The summed E-state index contributed by atoms with van der Waals surface area (Å²) in [6, 6.07) is 10.4. The molecule has 0 aromatic heterocycles. The Balaban J connectivity index is 2.28. The van der Waals surface area contributed by atoms with Crippen molar-refractivity contribution in [1.29, 1.82) is 0 Å². The average molecular weight is 278 g/mol. The number of hydrogen-bond donors (Lipinski definition) is 0. The van der Waals surface area contributed by atoms with Gasteiger partial charge in [-0.3, -0.25) is 14.9 Å². The van der Waals surface area contributed by atoms with Crippen LogP contribution >= 0.6 is 11.6 Å². The van der Waals surface area contributed by atoms with Crippen molar-refractivity contribution >= 4 is 23.6 Å². The number of aldehydes is 1. The Morgan fingerprint density at radius 1 is 1.16 bits per heavy atom. The molecule has 0 unspecified atom stereocenters. The first-order chi connectivity index (χ1) is 9.11. The van der Waals surface area contributed by atoms with E-state index >= 15 is 0 Å². The molecule has 19 heavy (non-hydrogen) atoms. The Bertz CT molecular complexity index is 625. The van der Waals surface area contributed by atoms with Crippen LogP contribution in [0.1, 0.15) is 10.4 Å². The van der Waals surface area contributed by atoms with Gasteiger partial charge in [-0.15, -0.1) is 0 Å². The first-order valence-electron chi connectivity index (χ1n) is 5.28. The summed E-state index contributed by atoms with van der Waals surface area (Å²) in [5, 5.41) is 10.8. The molecular weight excluding hydrogens is 270 g/mol. The van der Waals surface area contributed by atoms with E-state index in [9.17, 15) is 14.9 Å². The van der Waals surface area contributed by atoms with Crippen molar-refractivity contribution in [2.45, 2.75) is 0 Å². The fraction of sp³-hybridized carbons (Fsp3) is 0. The van der Waals surface area contributed by atoms with Crippen LogP contribution in [0, 0.1) is 10.1 Å². The summed E-state index contributed by atoms with van der Waals surface area (Å²) in [5.74, 6) is 0.687. The highest BCUT2D eigenvalue weighted by atomic mass is 35.5. The second-order valence-electron chi connectivity index (χ2n) is 3.62. The Kier molecular flexibility index (Phi) is 3.77. The molecule has 0 atom stereocenters. The minimum absolute atomic E-state index is 0.0333. The van der Waals surface area contributed by atoms with Crippen molar-refractivity contribution in [1.82, 2.24) is 0 Å². The van der Waals surface area contributed by atoms with Crippen LogP contribution in [0.15, 0.2) is 42.5 Å². The Morgan fingerprint density at radius 3 is 2.42 bits per heavy atom. The van der Waals surface area contributed by atoms with Crippen LogP contribution in [0.4, 0.5) is 5.69 Å². The smallest absolute Gasteiger partial charge is 0.269 e. The van der Waals surface area contributed by atoms with Gasteiger partial charge in [0.05, 0.1) is 15.5 Å². The molecule has 0 saturated heterocycles. The number of carbonyl (C=O) groups excluding carboxylic acids is 1. The summed E-state index contributed by atoms with van der Waals surface area (Å²) >= 11 is 5.86. The summed E-state index contributed by atoms with van der Waals surface area (Å²) < 4.78 is 5.48. The average Bonchev–Trinajstić information content (AvgIpc) is 2.39. The topological polar surface area (TPSA) is 69.4 Å². The number of nitro benzene ring substituents is 1. The first-order valence-corrected chi connectivity index (χ1v) is 5.65. The lowest BCUT2D eigenvalue weighted by Crippen LogP contribution is -1.92. The highest BCUT2D eigenvalue weighted by molar-refractivity contribution is 6.33. The molecule has 0 aliphatic heterocycles. The second-order valence-corrected chi connectivity index (χ2v) is 4.03. The molecule has 0 aliphatic rings. The maximum atomic E-state index is 10.9. The van der Waals surface area contributed by atoms with Gasteiger partial charge >= 0.3 is 0 Å². The van der Waals surface area contributed by atoms with Gasteiger partial charge in [0.25, 0.3) is 5.69 Å². The summed E-state index contributed by atoms with van der Waals surface area (Å²) in [4.78, 5) is 20.9. The summed E-state index contributed by atoms with van der Waals surface area (Å²) in [7, 11) is 0. The largest absolute Gasteiger partial charge is 0.457 e. The minimum atomic E-state index is -0.500. The number of carbonyl (C=O) groups is 1. The maximum Gasteiger partial charge on any atom is 0.269 e. The van der Waals surface area contributed by atoms with Gasteiger partial charge < -0.3 is 4.74 Å². The van der Waals surface area contributed by atoms with E-state index in [-0.39, 0.29) is 16.3 Å². The van der Waals surface area contributed by atoms with E-state index in [1.54, 1.807) is 18.2 Å². The van der Waals surface area contributed by atoms with E-state index in [2.05, 4.69) is 0 Å². The predicted molar refractivity (Wildman–Crippen MR) is 70.0 cm³/mol. The van der Waals surface area contributed by atoms with Gasteiger partial charge in [-0.05, 0) is 24.3 Å². The van der Waals surface area contributed by atoms with Crippen LogP contribution in [0.5, 0.6) is 11.5 Å². The third-order valence-electron chi connectivity index (χ3n) is 2.41. The Hall–Kier alpha value is -2.40. The minimum Gasteiger partial charge on any atom is -0.457 e. The molecule has 0 heterocycles. The number of hydrogen-bond acceptors (Lipinski definition) is 4. The molecule has 0 saturated carbocycles. The highest BCUT2D eigenvalue weighted by Gasteiger charge is 2.09. The van der Waals surface area contributed by atoms with Gasteiger partial charge in [0, 0.05) is 12.1 Å². The quantitative estimate of drug-likeness (QED) is 0.483. The lowest BCUT2D eigenvalue weighted by molar-refractivity contribution is -0.384. The van der Waals surface area contributed by atoms with Gasteiger partial charge in [-0.1, -0.05) is 17.7 Å². The predicted octanol–water partition coefficient (Wildman–Crippen LogP) is 3.85. The van der Waals surface area contributed by atoms with Crippen LogP contribution < -0.4 is 4.74 Å². The van der Waals surface area contributed by atoms with E-state index < -0.39 is 4.92 Å². The summed E-state index contributed by atoms with van der Waals surface area (Å²) in [5.41, 5.74) is 0.205. The second kappa shape index (κ2) is 5.49. The van der Waals surface area contributed by atoms with Crippen LogP contribution in [-0.4, -0.2) is 11.2 Å². The molecule has 0 spiro atoms. The molecule has 5 nitrogen and oxygen atoms in total. The molecule has 0 N–H and O–H groups in total. The van der Waals surface area contributed by atoms with E-state index in [0.29, 0.717) is 17.8 Å². The molecular formula is C13H8ClNO4. The van der Waals surface area contributed by atoms with Crippen molar-refractivity contribution in [3.63, 3.8) is 0 Å². The van der Waals surface area contributed by atoms with Crippen LogP contribution in [0.3, 0.4) is 0 Å². The lowest BCUT2D eigenvalue weighted by atomic mass is 10.2. The standard InChI is InChI=1S/C13H8ClNO4/c14-12-2-1-3-13(11(12)8-16)19-10-6-4-9(5-7-10)15(17)18/h1-8H. The van der Waals surface area contributed by atoms with Gasteiger partial charge in [0.15, 0.2) is 6.29 Å². The number of ether oxygens (including phenoxy) is 1. The van der Waals surface area contributed by atoms with Crippen LogP contribution in [0.2, 0.25) is 5.02 Å². The van der Waals surface area contributed by atoms with Crippen molar-refractivity contribution in [2.24, 2.45) is 0 Å². The summed E-state index contributed by atoms with van der Waals surface area (Å²) in [6.45, 7) is 0. The number of nitrogens with zero attached hydrogens (tertiary/aromatic N) is 1. The fourth-order valence-electron chi connectivity index (χ4n) is 1.48. The molecule has 0 fully saturated rings. The van der Waals surface area contributed by atoms with Crippen molar-refractivity contribution < 1.29 is 14.5 Å². The molecule has 2 aromatic rings. The zero-order valence-corrected chi connectivity index (χ0v) is 10.3. The van der Waals surface area contributed by atoms with E-state index in [4.69, 9.17) is 16.3 Å². The van der Waals surface area contributed by atoms with Crippen molar-refractivity contribution in [2.75, 3.05) is 0 Å². The third-order valence-corrected chi connectivity index (χ3v) is 2.74. The fourth-order valence-corrected chi connectivity index (χ4v) is 1.69. The van der Waals surface area contributed by atoms with Gasteiger partial charge in [-0.25, -0.2) is 0 Å². The van der Waals surface area contributed by atoms with E-state index in [1.807, 2.05) is 0 Å². The zero-order chi connectivity index (χ0) is 13.8. The number of nitro groups is 1. The molecule has 0 aliphatic carbocycles. The zero-order valence-electron chi connectivity index (χ0n) is 9.58. The Labute approximate surface area is 113 Å². The molecule has 0 amide bonds.